The zero-order valence-electron chi connectivity index (χ0n) is 7.28. The van der Waals surface area contributed by atoms with Gasteiger partial charge in [-0.05, 0) is 34.0 Å². The van der Waals surface area contributed by atoms with Gasteiger partial charge < -0.3 is 5.11 Å². The summed E-state index contributed by atoms with van der Waals surface area (Å²) in [5, 5.41) is 8.19. The fraction of sp³-hybridized carbons (Fsp3) is 0.333. The van der Waals surface area contributed by atoms with Gasteiger partial charge in [-0.1, -0.05) is 0 Å². The number of hydrogen-bond acceptors (Lipinski definition) is 2. The van der Waals surface area contributed by atoms with Crippen molar-refractivity contribution in [2.45, 2.75) is 18.2 Å². The van der Waals surface area contributed by atoms with Gasteiger partial charge in [0, 0.05) is 23.3 Å². The van der Waals surface area contributed by atoms with Crippen molar-refractivity contribution >= 4 is 33.5 Å². The third kappa shape index (κ3) is 3.64. The van der Waals surface area contributed by atoms with Crippen LogP contribution in [0.4, 0.5) is 0 Å². The van der Waals surface area contributed by atoms with Gasteiger partial charge in [-0.2, -0.15) is 0 Å². The van der Waals surface area contributed by atoms with Gasteiger partial charge in [0.1, 0.15) is 0 Å². The van der Waals surface area contributed by atoms with Crippen molar-refractivity contribution in [3.8, 4) is 0 Å². The molecule has 0 aromatic carbocycles. The predicted octanol–water partition coefficient (Wildman–Crippen LogP) is 2.99. The van der Waals surface area contributed by atoms with Gasteiger partial charge in [0.25, 0.3) is 0 Å². The first-order valence-corrected chi connectivity index (χ1v) is 5.29. The van der Waals surface area contributed by atoms with E-state index in [1.165, 1.54) is 0 Å². The first-order chi connectivity index (χ1) is 6.59. The molecule has 0 amide bonds. The summed E-state index contributed by atoms with van der Waals surface area (Å²) in [7, 11) is 0. The summed E-state index contributed by atoms with van der Waals surface area (Å²) in [6.45, 7) is 0. The van der Waals surface area contributed by atoms with E-state index >= 15 is 0 Å². The van der Waals surface area contributed by atoms with E-state index in [0.29, 0.717) is 6.42 Å². The Bertz CT molecular complexity index is 332. The van der Waals surface area contributed by atoms with E-state index in [-0.39, 0.29) is 11.8 Å². The average Bonchev–Trinajstić information content (AvgIpc) is 2.14. The lowest BCUT2D eigenvalue weighted by molar-refractivity contribution is -0.137. The molecule has 3 nitrogen and oxygen atoms in total. The van der Waals surface area contributed by atoms with Gasteiger partial charge in [0.2, 0.25) is 0 Å². The molecule has 0 aliphatic heterocycles. The first-order valence-electron chi connectivity index (χ1n) is 4.06. The Morgan fingerprint density at radius 3 is 2.93 bits per heavy atom. The Kier molecular flexibility index (Phi) is 4.35. The van der Waals surface area contributed by atoms with Crippen LogP contribution in [0.25, 0.3) is 0 Å². The number of alkyl halides is 1. The lowest BCUT2D eigenvalue weighted by atomic mass is 10.1. The topological polar surface area (TPSA) is 50.2 Å². The number of aliphatic carboxylic acids is 1. The van der Waals surface area contributed by atoms with Crippen LogP contribution in [0.15, 0.2) is 22.9 Å². The van der Waals surface area contributed by atoms with Crippen molar-refractivity contribution in [2.24, 2.45) is 0 Å². The molecule has 1 atom stereocenters. The van der Waals surface area contributed by atoms with Gasteiger partial charge in [-0.3, -0.25) is 9.78 Å². The Labute approximate surface area is 95.2 Å². The van der Waals surface area contributed by atoms with E-state index < -0.39 is 5.97 Å². The monoisotopic (exact) mass is 277 g/mol. The number of carboxylic acid groups (broad SMARTS) is 1. The molecule has 0 saturated heterocycles. The van der Waals surface area contributed by atoms with E-state index in [1.54, 1.807) is 12.4 Å². The van der Waals surface area contributed by atoms with E-state index in [1.807, 2.05) is 6.07 Å². The molecule has 1 heterocycles. The van der Waals surface area contributed by atoms with E-state index in [2.05, 4.69) is 20.9 Å². The second-order valence-corrected chi connectivity index (χ2v) is 4.28. The summed E-state index contributed by atoms with van der Waals surface area (Å²) in [4.78, 5) is 14.3. The van der Waals surface area contributed by atoms with Crippen molar-refractivity contribution in [3.63, 3.8) is 0 Å². The molecule has 76 valence electrons. The van der Waals surface area contributed by atoms with Crippen LogP contribution in [-0.2, 0) is 4.79 Å². The van der Waals surface area contributed by atoms with Crippen molar-refractivity contribution in [1.82, 2.24) is 4.98 Å². The maximum atomic E-state index is 10.3. The summed E-state index contributed by atoms with van der Waals surface area (Å²) in [5.74, 6) is -0.835. The molecule has 14 heavy (non-hydrogen) atoms. The summed E-state index contributed by atoms with van der Waals surface area (Å²) >= 11 is 9.27. The molecule has 0 fully saturated rings. The minimum Gasteiger partial charge on any atom is -0.481 e. The van der Waals surface area contributed by atoms with Gasteiger partial charge in [0.15, 0.2) is 0 Å². The zero-order chi connectivity index (χ0) is 10.6. The summed E-state index contributed by atoms with van der Waals surface area (Å²) in [6.07, 6.45) is 3.78. The molecule has 0 aliphatic rings. The Morgan fingerprint density at radius 2 is 2.36 bits per heavy atom. The van der Waals surface area contributed by atoms with Crippen molar-refractivity contribution < 1.29 is 9.90 Å². The third-order valence-corrected chi connectivity index (χ3v) is 2.60. The summed E-state index contributed by atoms with van der Waals surface area (Å²) in [6, 6.07) is 1.84. The van der Waals surface area contributed by atoms with Crippen LogP contribution in [0.3, 0.4) is 0 Å². The molecular formula is C9H9BrClNO2. The van der Waals surface area contributed by atoms with Crippen LogP contribution >= 0.6 is 27.5 Å². The SMILES string of the molecule is O=C(O)CCC(Cl)c1cncc(Br)c1. The maximum absolute atomic E-state index is 10.3. The number of carboxylic acids is 1. The highest BCUT2D eigenvalue weighted by atomic mass is 79.9. The van der Waals surface area contributed by atoms with E-state index in [9.17, 15) is 4.79 Å². The van der Waals surface area contributed by atoms with Crippen molar-refractivity contribution in [1.29, 1.82) is 0 Å². The van der Waals surface area contributed by atoms with Crippen LogP contribution < -0.4 is 0 Å². The van der Waals surface area contributed by atoms with Gasteiger partial charge >= 0.3 is 5.97 Å². The molecule has 0 spiro atoms. The maximum Gasteiger partial charge on any atom is 0.303 e. The largest absolute Gasteiger partial charge is 0.481 e. The van der Waals surface area contributed by atoms with E-state index in [0.717, 1.165) is 10.0 Å². The molecule has 1 N–H and O–H groups in total. The molecule has 0 radical (unpaired) electrons. The fourth-order valence-electron chi connectivity index (χ4n) is 1.02. The molecule has 1 unspecified atom stereocenters. The Hall–Kier alpha value is -0.610. The number of hydrogen-bond donors (Lipinski definition) is 1. The normalized spacial score (nSPS) is 12.4. The highest BCUT2D eigenvalue weighted by Crippen LogP contribution is 2.26. The highest BCUT2D eigenvalue weighted by molar-refractivity contribution is 9.10. The minimum absolute atomic E-state index is 0.0701. The fourth-order valence-corrected chi connectivity index (χ4v) is 1.63. The smallest absolute Gasteiger partial charge is 0.303 e. The lowest BCUT2D eigenvalue weighted by Crippen LogP contribution is -1.98. The quantitative estimate of drug-likeness (QED) is 0.861. The van der Waals surface area contributed by atoms with Crippen LogP contribution in [0, 0.1) is 0 Å². The number of rotatable bonds is 4. The summed E-state index contributed by atoms with van der Waals surface area (Å²) < 4.78 is 0.843. The van der Waals surface area contributed by atoms with Crippen LogP contribution in [0.1, 0.15) is 23.8 Å². The molecule has 1 aromatic rings. The van der Waals surface area contributed by atoms with Crippen LogP contribution in [0.2, 0.25) is 0 Å². The predicted molar refractivity (Wildman–Crippen MR) is 57.4 cm³/mol. The number of halogens is 2. The molecular weight excluding hydrogens is 269 g/mol. The molecule has 1 aromatic heterocycles. The number of aromatic nitrogens is 1. The zero-order valence-corrected chi connectivity index (χ0v) is 9.62. The Morgan fingerprint density at radius 1 is 1.64 bits per heavy atom. The number of nitrogens with zero attached hydrogens (tertiary/aromatic N) is 1. The third-order valence-electron chi connectivity index (χ3n) is 1.70. The number of pyridine rings is 1. The average molecular weight is 279 g/mol. The van der Waals surface area contributed by atoms with Crippen LogP contribution in [0.5, 0.6) is 0 Å². The van der Waals surface area contributed by atoms with E-state index in [4.69, 9.17) is 16.7 Å². The molecule has 0 aliphatic carbocycles. The molecule has 1 rings (SSSR count). The Balaban J connectivity index is 2.60. The van der Waals surface area contributed by atoms with Gasteiger partial charge in [0.05, 0.1) is 5.38 Å². The van der Waals surface area contributed by atoms with Crippen molar-refractivity contribution in [3.05, 3.63) is 28.5 Å². The second kappa shape index (κ2) is 5.32. The second-order valence-electron chi connectivity index (χ2n) is 2.84. The minimum atomic E-state index is -0.835. The van der Waals surface area contributed by atoms with Crippen molar-refractivity contribution in [2.75, 3.05) is 0 Å². The summed E-state index contributed by atoms with van der Waals surface area (Å²) in [5.41, 5.74) is 0.835. The highest BCUT2D eigenvalue weighted by Gasteiger charge is 2.10. The molecule has 0 bridgehead atoms. The molecule has 5 heteroatoms. The lowest BCUT2D eigenvalue weighted by Gasteiger charge is -2.07. The molecule has 0 saturated carbocycles. The standard InChI is InChI=1S/C9H9BrClNO2/c10-7-3-6(4-12-5-7)8(11)1-2-9(13)14/h3-5,8H,1-2H2,(H,13,14). The number of carbonyl (C=O) groups is 1. The van der Waals surface area contributed by atoms with Gasteiger partial charge in [-0.25, -0.2) is 0 Å². The first kappa shape index (κ1) is 11.5. The van der Waals surface area contributed by atoms with Crippen LogP contribution in [-0.4, -0.2) is 16.1 Å². The van der Waals surface area contributed by atoms with Gasteiger partial charge in [-0.15, -0.1) is 11.6 Å².